The SMILES string of the molecule is O=C1[C@H]2[C@H](C(=O)N1/N=C\c1ccc(-c3ccc(Cl)cc3Cl)o1)[C@H]1C=C[C@H]2C12CC2. The number of amides is 2. The van der Waals surface area contributed by atoms with E-state index >= 15 is 0 Å². The van der Waals surface area contributed by atoms with Crippen molar-refractivity contribution < 1.29 is 14.0 Å². The van der Waals surface area contributed by atoms with Gasteiger partial charge in [0.25, 0.3) is 11.8 Å². The molecule has 1 aliphatic heterocycles. The molecule has 0 unspecified atom stereocenters. The van der Waals surface area contributed by atoms with E-state index in [0.29, 0.717) is 27.1 Å². The fourth-order valence-corrected chi connectivity index (χ4v) is 6.05. The molecule has 3 fully saturated rings. The summed E-state index contributed by atoms with van der Waals surface area (Å²) in [6, 6.07) is 8.63. The van der Waals surface area contributed by atoms with Gasteiger partial charge in [-0.25, -0.2) is 0 Å². The van der Waals surface area contributed by atoms with Gasteiger partial charge in [0, 0.05) is 10.6 Å². The average molecular weight is 427 g/mol. The van der Waals surface area contributed by atoms with Gasteiger partial charge in [-0.1, -0.05) is 35.4 Å². The predicted molar refractivity (Wildman–Crippen MR) is 108 cm³/mol. The van der Waals surface area contributed by atoms with Gasteiger partial charge in [-0.15, -0.1) is 0 Å². The molecule has 2 heterocycles. The van der Waals surface area contributed by atoms with E-state index in [0.717, 1.165) is 17.9 Å². The number of rotatable bonds is 3. The lowest BCUT2D eigenvalue weighted by atomic mass is 9.85. The zero-order valence-electron chi connectivity index (χ0n) is 15.2. The number of nitrogens with zero attached hydrogens (tertiary/aromatic N) is 2. The molecule has 2 bridgehead atoms. The van der Waals surface area contributed by atoms with Gasteiger partial charge in [-0.2, -0.15) is 10.1 Å². The minimum absolute atomic E-state index is 0.185. The summed E-state index contributed by atoms with van der Waals surface area (Å²) in [4.78, 5) is 25.8. The molecule has 2 saturated carbocycles. The van der Waals surface area contributed by atoms with Crippen molar-refractivity contribution in [2.24, 2.45) is 34.2 Å². The molecule has 3 aliphatic carbocycles. The Balaban J connectivity index is 1.24. The normalized spacial score (nSPS) is 30.9. The minimum atomic E-state index is -0.253. The molecule has 0 N–H and O–H groups in total. The third-order valence-electron chi connectivity index (χ3n) is 6.95. The molecular weight excluding hydrogens is 411 g/mol. The first kappa shape index (κ1) is 17.5. The van der Waals surface area contributed by atoms with Crippen LogP contribution < -0.4 is 0 Å². The van der Waals surface area contributed by atoms with E-state index in [1.165, 1.54) is 6.21 Å². The van der Waals surface area contributed by atoms with Crippen LogP contribution in [0.1, 0.15) is 18.6 Å². The Morgan fingerprint density at radius 3 is 2.34 bits per heavy atom. The summed E-state index contributed by atoms with van der Waals surface area (Å²) in [5.74, 6) is 0.492. The molecule has 1 aromatic heterocycles. The van der Waals surface area contributed by atoms with E-state index in [9.17, 15) is 9.59 Å². The summed E-state index contributed by atoms with van der Waals surface area (Å²) < 4.78 is 5.77. The van der Waals surface area contributed by atoms with E-state index < -0.39 is 0 Å². The number of halogens is 2. The Hall–Kier alpha value is -2.37. The monoisotopic (exact) mass is 426 g/mol. The molecule has 2 amide bonds. The second-order valence-corrected chi connectivity index (χ2v) is 9.12. The molecule has 7 heteroatoms. The van der Waals surface area contributed by atoms with Gasteiger partial charge in [0.1, 0.15) is 11.5 Å². The second kappa shape index (κ2) is 5.83. The van der Waals surface area contributed by atoms with Crippen LogP contribution in [0.5, 0.6) is 0 Å². The minimum Gasteiger partial charge on any atom is -0.455 e. The van der Waals surface area contributed by atoms with Crippen molar-refractivity contribution >= 4 is 41.2 Å². The molecule has 1 saturated heterocycles. The highest BCUT2D eigenvalue weighted by atomic mass is 35.5. The third-order valence-corrected chi connectivity index (χ3v) is 7.50. The first-order valence-electron chi connectivity index (χ1n) is 9.65. The number of hydrogen-bond acceptors (Lipinski definition) is 4. The van der Waals surface area contributed by atoms with Crippen LogP contribution in [0.25, 0.3) is 11.3 Å². The second-order valence-electron chi connectivity index (χ2n) is 8.28. The van der Waals surface area contributed by atoms with Crippen molar-refractivity contribution in [3.63, 3.8) is 0 Å². The Morgan fingerprint density at radius 2 is 1.72 bits per heavy atom. The van der Waals surface area contributed by atoms with Crippen molar-refractivity contribution in [2.75, 3.05) is 0 Å². The molecule has 4 atom stereocenters. The number of imide groups is 1. The smallest absolute Gasteiger partial charge is 0.254 e. The van der Waals surface area contributed by atoms with Crippen LogP contribution in [0.3, 0.4) is 0 Å². The fourth-order valence-electron chi connectivity index (χ4n) is 5.55. The van der Waals surface area contributed by atoms with E-state index in [4.69, 9.17) is 27.6 Å². The molecule has 146 valence electrons. The number of carbonyl (C=O) groups is 2. The van der Waals surface area contributed by atoms with Crippen LogP contribution in [0.15, 0.2) is 52.0 Å². The van der Waals surface area contributed by atoms with Gasteiger partial charge in [0.15, 0.2) is 0 Å². The van der Waals surface area contributed by atoms with Gasteiger partial charge in [-0.05, 0) is 60.4 Å². The maximum atomic E-state index is 12.9. The van der Waals surface area contributed by atoms with Gasteiger partial charge >= 0.3 is 0 Å². The maximum Gasteiger partial charge on any atom is 0.254 e. The molecular formula is C22H16Cl2N2O3. The van der Waals surface area contributed by atoms with Crippen molar-refractivity contribution in [1.82, 2.24) is 5.01 Å². The van der Waals surface area contributed by atoms with Gasteiger partial charge < -0.3 is 4.42 Å². The van der Waals surface area contributed by atoms with Gasteiger partial charge in [-0.3, -0.25) is 9.59 Å². The number of fused-ring (bicyclic) bond motifs is 3. The summed E-state index contributed by atoms with van der Waals surface area (Å²) in [6.45, 7) is 0. The van der Waals surface area contributed by atoms with Crippen molar-refractivity contribution in [3.8, 4) is 11.3 Å². The zero-order valence-corrected chi connectivity index (χ0v) is 16.7. The molecule has 5 nitrogen and oxygen atoms in total. The van der Waals surface area contributed by atoms with Crippen molar-refractivity contribution in [2.45, 2.75) is 12.8 Å². The Morgan fingerprint density at radius 1 is 1.03 bits per heavy atom. The Bertz CT molecular complexity index is 1100. The van der Waals surface area contributed by atoms with Crippen LogP contribution >= 0.6 is 23.2 Å². The highest BCUT2D eigenvalue weighted by molar-refractivity contribution is 6.36. The van der Waals surface area contributed by atoms with Crippen LogP contribution in [0, 0.1) is 29.1 Å². The molecule has 6 rings (SSSR count). The van der Waals surface area contributed by atoms with Gasteiger partial charge in [0.05, 0.1) is 23.1 Å². The predicted octanol–water partition coefficient (Wildman–Crippen LogP) is 4.78. The number of hydrazone groups is 1. The number of carbonyl (C=O) groups excluding carboxylic acids is 2. The van der Waals surface area contributed by atoms with E-state index in [1.54, 1.807) is 30.3 Å². The van der Waals surface area contributed by atoms with E-state index in [2.05, 4.69) is 17.3 Å². The highest BCUT2D eigenvalue weighted by Crippen LogP contribution is 2.73. The standard InChI is InChI=1S/C22H16Cl2N2O3/c23-11-1-3-13(16(24)9-11)17-6-2-12(29-17)10-25-26-20(27)18-14-4-5-15(19(18)21(26)28)22(14)7-8-22/h1-6,9-10,14-15,18-19H,7-8H2/b25-10-/t14-,15-,18-,19-/m1/s1. The summed E-state index contributed by atoms with van der Waals surface area (Å²) in [7, 11) is 0. The fraction of sp³-hybridized carbons (Fsp3) is 0.318. The average Bonchev–Trinajstić information content (AvgIpc) is 2.98. The lowest BCUT2D eigenvalue weighted by molar-refractivity contribution is -0.141. The third kappa shape index (κ3) is 2.31. The molecule has 29 heavy (non-hydrogen) atoms. The molecule has 1 aromatic carbocycles. The lowest BCUT2D eigenvalue weighted by Crippen LogP contribution is -2.30. The number of hydrogen-bond donors (Lipinski definition) is 0. The summed E-state index contributed by atoms with van der Waals surface area (Å²) in [5.41, 5.74) is 0.889. The topological polar surface area (TPSA) is 62.9 Å². The van der Waals surface area contributed by atoms with Gasteiger partial charge in [0.2, 0.25) is 0 Å². The highest BCUT2D eigenvalue weighted by Gasteiger charge is 2.73. The van der Waals surface area contributed by atoms with Crippen LogP contribution in [0.4, 0.5) is 0 Å². The largest absolute Gasteiger partial charge is 0.455 e. The number of furan rings is 1. The van der Waals surface area contributed by atoms with E-state index in [-0.39, 0.29) is 40.9 Å². The van der Waals surface area contributed by atoms with Crippen molar-refractivity contribution in [1.29, 1.82) is 0 Å². The molecule has 1 spiro atoms. The molecule has 4 aliphatic rings. The molecule has 2 aromatic rings. The Kier molecular flexibility index (Phi) is 3.52. The number of allylic oxidation sites excluding steroid dienone is 2. The zero-order chi connectivity index (χ0) is 19.9. The lowest BCUT2D eigenvalue weighted by Gasteiger charge is -2.18. The first-order valence-corrected chi connectivity index (χ1v) is 10.4. The molecule has 0 radical (unpaired) electrons. The van der Waals surface area contributed by atoms with Crippen LogP contribution in [-0.4, -0.2) is 23.0 Å². The quantitative estimate of drug-likeness (QED) is 0.402. The van der Waals surface area contributed by atoms with Crippen LogP contribution in [0.2, 0.25) is 10.0 Å². The van der Waals surface area contributed by atoms with E-state index in [1.807, 2.05) is 0 Å². The first-order chi connectivity index (χ1) is 14.0. The number of benzene rings is 1. The maximum absolute atomic E-state index is 12.9. The van der Waals surface area contributed by atoms with Crippen molar-refractivity contribution in [3.05, 3.63) is 58.3 Å². The summed E-state index contributed by atoms with van der Waals surface area (Å²) in [6.07, 6.45) is 7.94. The van der Waals surface area contributed by atoms with Crippen LogP contribution in [-0.2, 0) is 9.59 Å². The Labute approximate surface area is 177 Å². The summed E-state index contributed by atoms with van der Waals surface area (Å²) in [5, 5.41) is 6.24. The summed E-state index contributed by atoms with van der Waals surface area (Å²) >= 11 is 12.2.